The molecule has 1 rings (SSSR count). The molecule has 1 atom stereocenters. The van der Waals surface area contributed by atoms with Gasteiger partial charge in [-0.15, -0.1) is 0 Å². The van der Waals surface area contributed by atoms with Gasteiger partial charge in [-0.3, -0.25) is 0 Å². The van der Waals surface area contributed by atoms with E-state index in [1.54, 1.807) is 6.08 Å². The van der Waals surface area contributed by atoms with Crippen LogP contribution in [0.5, 0.6) is 0 Å². The molecule has 0 aliphatic heterocycles. The lowest BCUT2D eigenvalue weighted by Crippen LogP contribution is -2.34. The fourth-order valence-corrected chi connectivity index (χ4v) is 2.39. The van der Waals surface area contributed by atoms with Crippen LogP contribution >= 0.6 is 11.6 Å². The molecule has 1 aromatic carbocycles. The lowest BCUT2D eigenvalue weighted by molar-refractivity contribution is -0.131. The number of nitrogens with zero attached hydrogens (tertiary/aromatic N) is 1. The smallest absolute Gasteiger partial charge is 0.328 e. The summed E-state index contributed by atoms with van der Waals surface area (Å²) >= 11 is 6.05. The third kappa shape index (κ3) is 5.43. The zero-order valence-electron chi connectivity index (χ0n) is 13.0. The predicted molar refractivity (Wildman–Crippen MR) is 90.1 cm³/mol. The number of hydrogen-bond acceptors (Lipinski definition) is 2. The van der Waals surface area contributed by atoms with Gasteiger partial charge in [-0.1, -0.05) is 31.9 Å². The van der Waals surface area contributed by atoms with Crippen molar-refractivity contribution in [3.8, 4) is 0 Å². The van der Waals surface area contributed by atoms with Crippen molar-refractivity contribution in [2.24, 2.45) is 0 Å². The maximum absolute atomic E-state index is 10.8. The van der Waals surface area contributed by atoms with E-state index in [0.717, 1.165) is 43.1 Å². The molecule has 0 spiro atoms. The number of carboxylic acid groups (broad SMARTS) is 1. The quantitative estimate of drug-likeness (QED) is 0.698. The molecule has 1 unspecified atom stereocenters. The van der Waals surface area contributed by atoms with Crippen LogP contribution in [0, 0.1) is 0 Å². The normalized spacial score (nSPS) is 12.6. The molecular weight excluding hydrogens is 286 g/mol. The van der Waals surface area contributed by atoms with Crippen LogP contribution in [-0.4, -0.2) is 23.7 Å². The third-order valence-corrected chi connectivity index (χ3v) is 3.82. The lowest BCUT2D eigenvalue weighted by Gasteiger charge is -2.32. The molecule has 1 N–H and O–H groups in total. The summed E-state index contributed by atoms with van der Waals surface area (Å²) in [7, 11) is 0. The van der Waals surface area contributed by atoms with Gasteiger partial charge in [0.05, 0.1) is 0 Å². The first-order chi connectivity index (χ1) is 9.99. The van der Waals surface area contributed by atoms with Crippen molar-refractivity contribution in [3.05, 3.63) is 34.9 Å². The van der Waals surface area contributed by atoms with E-state index in [4.69, 9.17) is 16.7 Å². The molecule has 0 bridgehead atoms. The Morgan fingerprint density at radius 3 is 2.71 bits per heavy atom. The monoisotopic (exact) mass is 309 g/mol. The minimum Gasteiger partial charge on any atom is -0.478 e. The molecule has 1 aromatic rings. The molecular formula is C17H24ClNO2. The van der Waals surface area contributed by atoms with E-state index >= 15 is 0 Å². The SMILES string of the molecule is CCCCN(c1ccc(Cl)cc1/C=C/C(=O)O)C(C)CC. The van der Waals surface area contributed by atoms with Crippen LogP contribution < -0.4 is 4.90 Å². The number of rotatable bonds is 8. The van der Waals surface area contributed by atoms with Gasteiger partial charge in [-0.25, -0.2) is 4.79 Å². The Kier molecular flexibility index (Phi) is 7.30. The Hall–Kier alpha value is -1.48. The van der Waals surface area contributed by atoms with Crippen LogP contribution in [0.25, 0.3) is 6.08 Å². The van der Waals surface area contributed by atoms with Crippen molar-refractivity contribution >= 4 is 29.3 Å². The summed E-state index contributed by atoms with van der Waals surface area (Å²) in [5.74, 6) is -0.954. The van der Waals surface area contributed by atoms with Gasteiger partial charge in [0, 0.05) is 29.4 Å². The van der Waals surface area contributed by atoms with Crippen LogP contribution in [0.2, 0.25) is 5.02 Å². The van der Waals surface area contributed by atoms with Crippen LogP contribution in [-0.2, 0) is 4.79 Å². The molecule has 0 radical (unpaired) electrons. The van der Waals surface area contributed by atoms with Gasteiger partial charge in [0.1, 0.15) is 0 Å². The maximum Gasteiger partial charge on any atom is 0.328 e. The topological polar surface area (TPSA) is 40.5 Å². The second-order valence-electron chi connectivity index (χ2n) is 5.18. The summed E-state index contributed by atoms with van der Waals surface area (Å²) in [5, 5.41) is 9.45. The van der Waals surface area contributed by atoms with E-state index in [2.05, 4.69) is 25.7 Å². The second kappa shape index (κ2) is 8.73. The summed E-state index contributed by atoms with van der Waals surface area (Å²) in [6, 6.07) is 6.05. The van der Waals surface area contributed by atoms with Gasteiger partial charge in [-0.2, -0.15) is 0 Å². The van der Waals surface area contributed by atoms with Crippen molar-refractivity contribution in [2.45, 2.75) is 46.1 Å². The highest BCUT2D eigenvalue weighted by Crippen LogP contribution is 2.28. The Labute approximate surface area is 132 Å². The summed E-state index contributed by atoms with van der Waals surface area (Å²) in [4.78, 5) is 13.1. The molecule has 0 amide bonds. The van der Waals surface area contributed by atoms with Gasteiger partial charge >= 0.3 is 5.97 Å². The fraction of sp³-hybridized carbons (Fsp3) is 0.471. The highest BCUT2D eigenvalue weighted by molar-refractivity contribution is 6.30. The number of benzene rings is 1. The summed E-state index contributed by atoms with van der Waals surface area (Å²) in [6.45, 7) is 7.48. The van der Waals surface area contributed by atoms with E-state index < -0.39 is 5.97 Å². The van der Waals surface area contributed by atoms with Crippen LogP contribution in [0.15, 0.2) is 24.3 Å². The first-order valence-corrected chi connectivity index (χ1v) is 7.84. The van der Waals surface area contributed by atoms with Gasteiger partial charge in [0.15, 0.2) is 0 Å². The molecule has 0 aromatic heterocycles. The predicted octanol–water partition coefficient (Wildman–Crippen LogP) is 4.84. The van der Waals surface area contributed by atoms with Crippen molar-refractivity contribution in [3.63, 3.8) is 0 Å². The van der Waals surface area contributed by atoms with Crippen molar-refractivity contribution in [1.29, 1.82) is 0 Å². The number of unbranched alkanes of at least 4 members (excludes halogenated alkanes) is 1. The fourth-order valence-electron chi connectivity index (χ4n) is 2.21. The van der Waals surface area contributed by atoms with Gasteiger partial charge in [-0.05, 0) is 49.6 Å². The van der Waals surface area contributed by atoms with E-state index in [1.807, 2.05) is 18.2 Å². The highest BCUT2D eigenvalue weighted by Gasteiger charge is 2.15. The van der Waals surface area contributed by atoms with Crippen LogP contribution in [0.3, 0.4) is 0 Å². The van der Waals surface area contributed by atoms with Crippen molar-refractivity contribution in [1.82, 2.24) is 0 Å². The largest absolute Gasteiger partial charge is 0.478 e. The minimum atomic E-state index is -0.954. The molecule has 3 nitrogen and oxygen atoms in total. The number of halogens is 1. The molecule has 0 fully saturated rings. The van der Waals surface area contributed by atoms with E-state index in [9.17, 15) is 4.79 Å². The average Bonchev–Trinajstić information content (AvgIpc) is 2.46. The first kappa shape index (κ1) is 17.6. The van der Waals surface area contributed by atoms with Gasteiger partial charge in [0.2, 0.25) is 0 Å². The summed E-state index contributed by atoms with van der Waals surface area (Å²) in [5.41, 5.74) is 1.89. The van der Waals surface area contributed by atoms with Crippen molar-refractivity contribution in [2.75, 3.05) is 11.4 Å². The molecule has 0 saturated carbocycles. The molecule has 0 saturated heterocycles. The number of hydrogen-bond donors (Lipinski definition) is 1. The number of aliphatic carboxylic acids is 1. The van der Waals surface area contributed by atoms with E-state index in [1.165, 1.54) is 0 Å². The summed E-state index contributed by atoms with van der Waals surface area (Å²) in [6.07, 6.45) is 6.04. The maximum atomic E-state index is 10.8. The summed E-state index contributed by atoms with van der Waals surface area (Å²) < 4.78 is 0. The van der Waals surface area contributed by atoms with Gasteiger partial charge in [0.25, 0.3) is 0 Å². The first-order valence-electron chi connectivity index (χ1n) is 7.46. The zero-order chi connectivity index (χ0) is 15.8. The molecule has 0 aliphatic rings. The third-order valence-electron chi connectivity index (χ3n) is 3.58. The van der Waals surface area contributed by atoms with E-state index in [-0.39, 0.29) is 0 Å². The molecule has 4 heteroatoms. The molecule has 116 valence electrons. The number of carbonyl (C=O) groups is 1. The molecule has 0 aliphatic carbocycles. The Bertz CT molecular complexity index is 500. The molecule has 21 heavy (non-hydrogen) atoms. The average molecular weight is 310 g/mol. The van der Waals surface area contributed by atoms with Crippen LogP contribution in [0.4, 0.5) is 5.69 Å². The second-order valence-corrected chi connectivity index (χ2v) is 5.62. The Balaban J connectivity index is 3.19. The van der Waals surface area contributed by atoms with Crippen molar-refractivity contribution < 1.29 is 9.90 Å². The lowest BCUT2D eigenvalue weighted by atomic mass is 10.1. The van der Waals surface area contributed by atoms with Gasteiger partial charge < -0.3 is 10.0 Å². The Morgan fingerprint density at radius 1 is 1.43 bits per heavy atom. The van der Waals surface area contributed by atoms with Crippen LogP contribution in [0.1, 0.15) is 45.6 Å². The standard InChI is InChI=1S/C17H24ClNO2/c1-4-6-11-19(13(3)5-2)16-9-8-15(18)12-14(16)7-10-17(20)21/h7-10,12-13H,4-6,11H2,1-3H3,(H,20,21)/b10-7+. The minimum absolute atomic E-state index is 0.398. The Morgan fingerprint density at radius 2 is 2.14 bits per heavy atom. The number of carboxylic acids is 1. The molecule has 0 heterocycles. The zero-order valence-corrected chi connectivity index (χ0v) is 13.7. The number of anilines is 1. The van der Waals surface area contributed by atoms with E-state index in [0.29, 0.717) is 11.1 Å². The highest BCUT2D eigenvalue weighted by atomic mass is 35.5.